The highest BCUT2D eigenvalue weighted by atomic mass is 16.2. The first-order chi connectivity index (χ1) is 8.20. The van der Waals surface area contributed by atoms with E-state index in [1.165, 1.54) is 0 Å². The molecule has 94 valence electrons. The molecule has 0 aliphatic carbocycles. The zero-order chi connectivity index (χ0) is 12.3. The van der Waals surface area contributed by atoms with Crippen molar-refractivity contribution in [3.63, 3.8) is 0 Å². The van der Waals surface area contributed by atoms with Crippen molar-refractivity contribution in [1.82, 2.24) is 20.8 Å². The van der Waals surface area contributed by atoms with Crippen LogP contribution in [0.4, 0.5) is 0 Å². The number of H-pyrrole nitrogens is 1. The molecular formula is C12H20N4O. The molecule has 1 aliphatic heterocycles. The fourth-order valence-electron chi connectivity index (χ4n) is 2.14. The smallest absolute Gasteiger partial charge is 0.272 e. The van der Waals surface area contributed by atoms with E-state index in [0.717, 1.165) is 31.5 Å². The fourth-order valence-corrected chi connectivity index (χ4v) is 2.14. The number of aromatic amines is 1. The van der Waals surface area contributed by atoms with Crippen molar-refractivity contribution < 1.29 is 4.79 Å². The lowest BCUT2D eigenvalue weighted by Gasteiger charge is -2.30. The second kappa shape index (κ2) is 5.31. The molecule has 0 aromatic carbocycles. The summed E-state index contributed by atoms with van der Waals surface area (Å²) < 4.78 is 0. The molecule has 1 fully saturated rings. The summed E-state index contributed by atoms with van der Waals surface area (Å²) >= 11 is 0. The average Bonchev–Trinajstić information content (AvgIpc) is 2.81. The van der Waals surface area contributed by atoms with Crippen LogP contribution in [0.25, 0.3) is 0 Å². The van der Waals surface area contributed by atoms with Gasteiger partial charge in [0.05, 0.1) is 0 Å². The van der Waals surface area contributed by atoms with Crippen LogP contribution < -0.4 is 10.6 Å². The predicted octanol–water partition coefficient (Wildman–Crippen LogP) is 0.842. The molecule has 1 aromatic heterocycles. The van der Waals surface area contributed by atoms with Gasteiger partial charge in [0.15, 0.2) is 0 Å². The molecule has 1 amide bonds. The number of amides is 1. The summed E-state index contributed by atoms with van der Waals surface area (Å²) in [5.41, 5.74) is 1.48. The molecule has 0 bridgehead atoms. The fraction of sp³-hybridized carbons (Fsp3) is 0.667. The van der Waals surface area contributed by atoms with Crippen molar-refractivity contribution in [1.29, 1.82) is 0 Å². The molecule has 5 nitrogen and oxygen atoms in total. The summed E-state index contributed by atoms with van der Waals surface area (Å²) in [5.74, 6) is -0.0819. The molecular weight excluding hydrogens is 216 g/mol. The maximum absolute atomic E-state index is 12.0. The van der Waals surface area contributed by atoms with Crippen LogP contribution in [0.1, 0.15) is 42.9 Å². The van der Waals surface area contributed by atoms with Crippen LogP contribution in [-0.2, 0) is 6.42 Å². The van der Waals surface area contributed by atoms with Crippen LogP contribution >= 0.6 is 0 Å². The van der Waals surface area contributed by atoms with E-state index in [4.69, 9.17) is 0 Å². The number of piperidine rings is 1. The molecule has 1 aliphatic rings. The van der Waals surface area contributed by atoms with Gasteiger partial charge in [-0.25, -0.2) is 0 Å². The molecule has 2 atom stereocenters. The van der Waals surface area contributed by atoms with E-state index in [1.807, 2.05) is 13.0 Å². The van der Waals surface area contributed by atoms with Gasteiger partial charge in [-0.2, -0.15) is 5.10 Å². The Hall–Kier alpha value is -1.36. The summed E-state index contributed by atoms with van der Waals surface area (Å²) in [6.45, 7) is 5.17. The largest absolute Gasteiger partial charge is 0.346 e. The summed E-state index contributed by atoms with van der Waals surface area (Å²) in [7, 11) is 0. The maximum Gasteiger partial charge on any atom is 0.272 e. The molecule has 17 heavy (non-hydrogen) atoms. The van der Waals surface area contributed by atoms with Crippen LogP contribution in [0.15, 0.2) is 6.07 Å². The lowest BCUT2D eigenvalue weighted by molar-refractivity contribution is 0.0914. The van der Waals surface area contributed by atoms with Gasteiger partial charge in [-0.05, 0) is 38.8 Å². The Kier molecular flexibility index (Phi) is 3.78. The number of hydrogen-bond acceptors (Lipinski definition) is 3. The number of carbonyl (C=O) groups is 1. The van der Waals surface area contributed by atoms with Crippen LogP contribution in [0.3, 0.4) is 0 Å². The molecule has 5 heteroatoms. The highest BCUT2D eigenvalue weighted by Crippen LogP contribution is 2.09. The molecule has 3 N–H and O–H groups in total. The summed E-state index contributed by atoms with van der Waals surface area (Å²) in [4.78, 5) is 12.0. The molecule has 2 rings (SSSR count). The molecule has 0 saturated carbocycles. The van der Waals surface area contributed by atoms with E-state index < -0.39 is 0 Å². The predicted molar refractivity (Wildman–Crippen MR) is 65.9 cm³/mol. The summed E-state index contributed by atoms with van der Waals surface area (Å²) in [5, 5.41) is 13.3. The number of rotatable bonds is 3. The van der Waals surface area contributed by atoms with Crippen molar-refractivity contribution in [3.8, 4) is 0 Å². The molecule has 2 heterocycles. The molecule has 2 unspecified atom stereocenters. The third kappa shape index (κ3) is 2.85. The van der Waals surface area contributed by atoms with Gasteiger partial charge in [0.1, 0.15) is 5.69 Å². The van der Waals surface area contributed by atoms with Crippen LogP contribution in [0, 0.1) is 0 Å². The maximum atomic E-state index is 12.0. The Morgan fingerprint density at radius 1 is 1.65 bits per heavy atom. The van der Waals surface area contributed by atoms with E-state index in [9.17, 15) is 4.79 Å². The number of nitrogens with zero attached hydrogens (tertiary/aromatic N) is 1. The first kappa shape index (κ1) is 12.1. The number of aryl methyl sites for hydroxylation is 1. The van der Waals surface area contributed by atoms with Gasteiger partial charge in [-0.1, -0.05) is 6.92 Å². The summed E-state index contributed by atoms with van der Waals surface area (Å²) in [6, 6.07) is 2.35. The minimum absolute atomic E-state index is 0.0819. The van der Waals surface area contributed by atoms with Crippen molar-refractivity contribution in [3.05, 3.63) is 17.5 Å². The van der Waals surface area contributed by atoms with Crippen molar-refractivity contribution in [2.24, 2.45) is 0 Å². The van der Waals surface area contributed by atoms with E-state index in [1.54, 1.807) is 0 Å². The topological polar surface area (TPSA) is 69.8 Å². The van der Waals surface area contributed by atoms with E-state index in [-0.39, 0.29) is 11.9 Å². The second-order valence-electron chi connectivity index (χ2n) is 4.60. The Balaban J connectivity index is 1.96. The van der Waals surface area contributed by atoms with E-state index >= 15 is 0 Å². The Morgan fingerprint density at radius 3 is 3.12 bits per heavy atom. The van der Waals surface area contributed by atoms with Crippen molar-refractivity contribution in [2.75, 3.05) is 6.54 Å². The molecule has 0 spiro atoms. The van der Waals surface area contributed by atoms with Crippen LogP contribution in [-0.4, -0.2) is 34.7 Å². The van der Waals surface area contributed by atoms with Gasteiger partial charge >= 0.3 is 0 Å². The minimum Gasteiger partial charge on any atom is -0.346 e. The number of aromatic nitrogens is 2. The van der Waals surface area contributed by atoms with E-state index in [0.29, 0.717) is 11.7 Å². The number of nitrogens with one attached hydrogen (secondary N) is 3. The van der Waals surface area contributed by atoms with Gasteiger partial charge in [-0.3, -0.25) is 9.89 Å². The van der Waals surface area contributed by atoms with Crippen LogP contribution in [0.2, 0.25) is 0 Å². The monoisotopic (exact) mass is 236 g/mol. The van der Waals surface area contributed by atoms with Crippen molar-refractivity contribution >= 4 is 5.91 Å². The SMILES string of the molecule is CCc1cc(C(=O)NC2CCCNC2C)n[nH]1. The highest BCUT2D eigenvalue weighted by Gasteiger charge is 2.23. The standard InChI is InChI=1S/C12H20N4O/c1-3-9-7-11(16-15-9)12(17)14-10-5-4-6-13-8(10)2/h7-8,10,13H,3-6H2,1-2H3,(H,14,17)(H,15,16). The van der Waals surface area contributed by atoms with Gasteiger partial charge in [0, 0.05) is 17.8 Å². The highest BCUT2D eigenvalue weighted by molar-refractivity contribution is 5.92. The van der Waals surface area contributed by atoms with E-state index in [2.05, 4.69) is 27.8 Å². The third-order valence-electron chi connectivity index (χ3n) is 3.32. The second-order valence-corrected chi connectivity index (χ2v) is 4.60. The van der Waals surface area contributed by atoms with Gasteiger partial charge in [-0.15, -0.1) is 0 Å². The normalized spacial score (nSPS) is 24.6. The zero-order valence-corrected chi connectivity index (χ0v) is 10.4. The molecule has 1 aromatic rings. The third-order valence-corrected chi connectivity index (χ3v) is 3.32. The molecule has 0 radical (unpaired) electrons. The zero-order valence-electron chi connectivity index (χ0n) is 10.4. The van der Waals surface area contributed by atoms with Gasteiger partial charge in [0.25, 0.3) is 5.91 Å². The Morgan fingerprint density at radius 2 is 2.47 bits per heavy atom. The van der Waals surface area contributed by atoms with Crippen molar-refractivity contribution in [2.45, 2.75) is 45.2 Å². The number of carbonyl (C=O) groups excluding carboxylic acids is 1. The first-order valence-electron chi connectivity index (χ1n) is 6.29. The van der Waals surface area contributed by atoms with Gasteiger partial charge < -0.3 is 10.6 Å². The first-order valence-corrected chi connectivity index (χ1v) is 6.29. The molecule has 1 saturated heterocycles. The Bertz CT molecular complexity index is 388. The van der Waals surface area contributed by atoms with Gasteiger partial charge in [0.2, 0.25) is 0 Å². The quantitative estimate of drug-likeness (QED) is 0.728. The average molecular weight is 236 g/mol. The lowest BCUT2D eigenvalue weighted by Crippen LogP contribution is -2.51. The van der Waals surface area contributed by atoms with Crippen LogP contribution in [0.5, 0.6) is 0 Å². The summed E-state index contributed by atoms with van der Waals surface area (Å²) in [6.07, 6.45) is 3.00. The Labute approximate surface area is 101 Å². The number of hydrogen-bond donors (Lipinski definition) is 3. The lowest BCUT2D eigenvalue weighted by atomic mass is 10.00. The minimum atomic E-state index is -0.0819.